The van der Waals surface area contributed by atoms with E-state index in [1.807, 2.05) is 0 Å². The zero-order valence-electron chi connectivity index (χ0n) is 9.35. The van der Waals surface area contributed by atoms with Crippen molar-refractivity contribution in [3.05, 3.63) is 33.8 Å². The molecule has 1 fully saturated rings. The lowest BCUT2D eigenvalue weighted by Crippen LogP contribution is -2.35. The molecule has 1 saturated heterocycles. The van der Waals surface area contributed by atoms with Gasteiger partial charge in [0.25, 0.3) is 0 Å². The van der Waals surface area contributed by atoms with E-state index in [2.05, 4.69) is 0 Å². The van der Waals surface area contributed by atoms with E-state index in [1.165, 1.54) is 25.1 Å². The summed E-state index contributed by atoms with van der Waals surface area (Å²) in [6.45, 7) is 1.18. The summed E-state index contributed by atoms with van der Waals surface area (Å²) in [5.74, 6) is -0.768. The van der Waals surface area contributed by atoms with Crippen LogP contribution in [-0.2, 0) is 23.8 Å². The second-order valence-electron chi connectivity index (χ2n) is 4.21. The van der Waals surface area contributed by atoms with Gasteiger partial charge in [-0.15, -0.1) is 0 Å². The standard InChI is InChI=1S/C10H10Cl2O4S2/c1-10(8-3-2-7(11)6-9(8)12)17(13,14)4-5-18(10,15)16/h2-3,6H,4-5H2,1H3. The average Bonchev–Trinajstić information content (AvgIpc) is 2.40. The van der Waals surface area contributed by atoms with Crippen LogP contribution in [0, 0.1) is 0 Å². The van der Waals surface area contributed by atoms with Gasteiger partial charge in [-0.05, 0) is 19.1 Å². The van der Waals surface area contributed by atoms with Crippen molar-refractivity contribution in [1.29, 1.82) is 0 Å². The molecule has 0 aromatic heterocycles. The van der Waals surface area contributed by atoms with Crippen LogP contribution in [0.5, 0.6) is 0 Å². The SMILES string of the molecule is CC1(c2ccc(Cl)cc2Cl)S(=O)(=O)CCS1(=O)=O. The largest absolute Gasteiger partial charge is 0.227 e. The Bertz CT molecular complexity index is 673. The normalized spacial score (nSPS) is 23.9. The second-order valence-corrected chi connectivity index (χ2v) is 10.2. The second kappa shape index (κ2) is 4.10. The molecule has 0 unspecified atom stereocenters. The molecule has 1 aromatic carbocycles. The molecular formula is C10H10Cl2O4S2. The van der Waals surface area contributed by atoms with Gasteiger partial charge in [0, 0.05) is 15.6 Å². The van der Waals surface area contributed by atoms with E-state index in [1.54, 1.807) is 0 Å². The van der Waals surface area contributed by atoms with E-state index in [-0.39, 0.29) is 22.1 Å². The Balaban J connectivity index is 2.82. The number of hydrogen-bond acceptors (Lipinski definition) is 4. The fourth-order valence-corrected chi connectivity index (χ4v) is 8.31. The van der Waals surface area contributed by atoms with Gasteiger partial charge in [0.1, 0.15) is 0 Å². The third-order valence-corrected chi connectivity index (χ3v) is 9.85. The predicted octanol–water partition coefficient (Wildman–Crippen LogP) is 2.01. The highest BCUT2D eigenvalue weighted by atomic mass is 35.5. The highest BCUT2D eigenvalue weighted by Crippen LogP contribution is 2.45. The minimum atomic E-state index is -3.80. The van der Waals surface area contributed by atoms with Crippen LogP contribution in [0.15, 0.2) is 18.2 Å². The van der Waals surface area contributed by atoms with E-state index in [0.29, 0.717) is 5.02 Å². The lowest BCUT2D eigenvalue weighted by Gasteiger charge is -2.23. The molecule has 4 nitrogen and oxygen atoms in total. The Morgan fingerprint density at radius 1 is 1.06 bits per heavy atom. The minimum Gasteiger partial charge on any atom is -0.227 e. The summed E-state index contributed by atoms with van der Waals surface area (Å²) in [6, 6.07) is 4.12. The summed E-state index contributed by atoms with van der Waals surface area (Å²) in [6.07, 6.45) is 0. The van der Waals surface area contributed by atoms with Gasteiger partial charge in [-0.3, -0.25) is 0 Å². The highest BCUT2D eigenvalue weighted by Gasteiger charge is 2.58. The molecule has 100 valence electrons. The van der Waals surface area contributed by atoms with Crippen LogP contribution in [0.2, 0.25) is 10.0 Å². The Labute approximate surface area is 116 Å². The maximum atomic E-state index is 12.1. The molecule has 0 saturated carbocycles. The first-order valence-corrected chi connectivity index (χ1v) is 9.08. The number of halogens is 2. The number of hydrogen-bond donors (Lipinski definition) is 0. The summed E-state index contributed by atoms with van der Waals surface area (Å²) in [4.78, 5) is 0. The average molecular weight is 329 g/mol. The summed E-state index contributed by atoms with van der Waals surface area (Å²) in [5.41, 5.74) is 0.0612. The third kappa shape index (κ3) is 1.78. The van der Waals surface area contributed by atoms with E-state index in [4.69, 9.17) is 23.2 Å². The first-order valence-electron chi connectivity index (χ1n) is 5.02. The van der Waals surface area contributed by atoms with Gasteiger partial charge < -0.3 is 0 Å². The van der Waals surface area contributed by atoms with Crippen molar-refractivity contribution in [2.24, 2.45) is 0 Å². The van der Waals surface area contributed by atoms with Crippen LogP contribution in [0.25, 0.3) is 0 Å². The summed E-state index contributed by atoms with van der Waals surface area (Å²) >= 11 is 11.7. The summed E-state index contributed by atoms with van der Waals surface area (Å²) in [5, 5.41) is 0.360. The van der Waals surface area contributed by atoms with Gasteiger partial charge in [-0.2, -0.15) is 0 Å². The Kier molecular flexibility index (Phi) is 3.21. The van der Waals surface area contributed by atoms with Crippen LogP contribution >= 0.6 is 23.2 Å². The van der Waals surface area contributed by atoms with Crippen molar-refractivity contribution in [3.63, 3.8) is 0 Å². The summed E-state index contributed by atoms with van der Waals surface area (Å²) < 4.78 is 46.3. The van der Waals surface area contributed by atoms with Gasteiger partial charge in [0.2, 0.25) is 0 Å². The maximum Gasteiger partial charge on any atom is 0.196 e. The molecule has 0 radical (unpaired) electrons. The molecule has 8 heteroatoms. The summed E-state index contributed by atoms with van der Waals surface area (Å²) in [7, 11) is -7.60. The number of benzene rings is 1. The van der Waals surface area contributed by atoms with E-state index in [0.717, 1.165) is 0 Å². The Morgan fingerprint density at radius 3 is 2.00 bits per heavy atom. The molecule has 2 rings (SSSR count). The molecule has 0 aliphatic carbocycles. The van der Waals surface area contributed by atoms with Crippen LogP contribution < -0.4 is 0 Å². The zero-order chi connectivity index (χ0) is 13.8. The third-order valence-electron chi connectivity index (χ3n) is 3.23. The van der Waals surface area contributed by atoms with E-state index >= 15 is 0 Å². The lowest BCUT2D eigenvalue weighted by molar-refractivity contribution is 0.565. The molecule has 0 N–H and O–H groups in total. The number of sulfone groups is 2. The van der Waals surface area contributed by atoms with E-state index < -0.39 is 23.8 Å². The minimum absolute atomic E-state index is 0.0408. The van der Waals surface area contributed by atoms with Crippen LogP contribution in [0.1, 0.15) is 12.5 Å². The van der Waals surface area contributed by atoms with Crippen LogP contribution in [-0.4, -0.2) is 28.3 Å². The molecule has 1 aliphatic rings. The smallest absolute Gasteiger partial charge is 0.196 e. The maximum absolute atomic E-state index is 12.1. The topological polar surface area (TPSA) is 68.3 Å². The van der Waals surface area contributed by atoms with Gasteiger partial charge in [0.15, 0.2) is 23.8 Å². The molecule has 0 bridgehead atoms. The molecule has 1 heterocycles. The monoisotopic (exact) mass is 328 g/mol. The fourth-order valence-electron chi connectivity index (χ4n) is 2.00. The van der Waals surface area contributed by atoms with Crippen molar-refractivity contribution in [2.45, 2.75) is 11.0 Å². The number of rotatable bonds is 1. The lowest BCUT2D eigenvalue weighted by atomic mass is 10.1. The first kappa shape index (κ1) is 14.1. The van der Waals surface area contributed by atoms with Crippen molar-refractivity contribution in [2.75, 3.05) is 11.5 Å². The Hall–Kier alpha value is -0.300. The molecule has 1 aliphatic heterocycles. The zero-order valence-corrected chi connectivity index (χ0v) is 12.5. The molecule has 0 atom stereocenters. The van der Waals surface area contributed by atoms with Crippen LogP contribution in [0.3, 0.4) is 0 Å². The van der Waals surface area contributed by atoms with Crippen molar-refractivity contribution >= 4 is 42.9 Å². The highest BCUT2D eigenvalue weighted by molar-refractivity contribution is 8.12. The van der Waals surface area contributed by atoms with Crippen molar-refractivity contribution in [1.82, 2.24) is 0 Å². The molecule has 0 spiro atoms. The molecule has 1 aromatic rings. The fraction of sp³-hybridized carbons (Fsp3) is 0.400. The molecule has 0 amide bonds. The molecular weight excluding hydrogens is 319 g/mol. The Morgan fingerprint density at radius 2 is 1.56 bits per heavy atom. The predicted molar refractivity (Wildman–Crippen MR) is 71.4 cm³/mol. The van der Waals surface area contributed by atoms with Gasteiger partial charge in [0.05, 0.1) is 11.5 Å². The van der Waals surface area contributed by atoms with E-state index in [9.17, 15) is 16.8 Å². The van der Waals surface area contributed by atoms with Gasteiger partial charge >= 0.3 is 0 Å². The van der Waals surface area contributed by atoms with Crippen molar-refractivity contribution in [3.8, 4) is 0 Å². The van der Waals surface area contributed by atoms with Crippen molar-refractivity contribution < 1.29 is 16.8 Å². The van der Waals surface area contributed by atoms with Gasteiger partial charge in [-0.1, -0.05) is 29.3 Å². The first-order chi connectivity index (χ1) is 8.12. The quantitative estimate of drug-likeness (QED) is 0.790. The van der Waals surface area contributed by atoms with Gasteiger partial charge in [-0.25, -0.2) is 16.8 Å². The molecule has 18 heavy (non-hydrogen) atoms. The van der Waals surface area contributed by atoms with Crippen LogP contribution in [0.4, 0.5) is 0 Å².